The zero-order chi connectivity index (χ0) is 19.1. The second-order valence-electron chi connectivity index (χ2n) is 7.45. The smallest absolute Gasteiger partial charge is 0.115 e. The zero-order valence-electron chi connectivity index (χ0n) is 15.5. The molecule has 0 radical (unpaired) electrons. The number of H-pyrrole nitrogens is 1. The molecule has 1 aliphatic heterocycles. The van der Waals surface area contributed by atoms with Gasteiger partial charge in [0.05, 0.1) is 6.04 Å². The molecule has 0 bridgehead atoms. The van der Waals surface area contributed by atoms with E-state index in [-0.39, 0.29) is 17.5 Å². The third kappa shape index (κ3) is 2.92. The lowest BCUT2D eigenvalue weighted by molar-refractivity contribution is 0.201. The summed E-state index contributed by atoms with van der Waals surface area (Å²) >= 11 is 0. The number of para-hydroxylation sites is 1. The van der Waals surface area contributed by atoms with Crippen LogP contribution in [0.3, 0.4) is 0 Å². The summed E-state index contributed by atoms with van der Waals surface area (Å²) in [5.41, 5.74) is 5.84. The Hall–Kier alpha value is -3.24. The van der Waals surface area contributed by atoms with Crippen LogP contribution in [-0.4, -0.2) is 26.6 Å². The first-order chi connectivity index (χ1) is 13.7. The van der Waals surface area contributed by atoms with Crippen LogP contribution in [0.4, 0.5) is 0 Å². The number of aromatic hydroxyl groups is 2. The summed E-state index contributed by atoms with van der Waals surface area (Å²) in [7, 11) is 0. The van der Waals surface area contributed by atoms with Gasteiger partial charge in [0.1, 0.15) is 11.5 Å². The molecule has 2 heterocycles. The van der Waals surface area contributed by atoms with Crippen LogP contribution in [0.25, 0.3) is 10.9 Å². The Morgan fingerprint density at radius 3 is 2.50 bits per heavy atom. The van der Waals surface area contributed by atoms with Crippen molar-refractivity contribution in [2.24, 2.45) is 0 Å². The van der Waals surface area contributed by atoms with Gasteiger partial charge >= 0.3 is 0 Å². The minimum atomic E-state index is 0.0191. The Balaban J connectivity index is 1.63. The summed E-state index contributed by atoms with van der Waals surface area (Å²) in [5.74, 6) is 0.563. The standard InChI is InChI=1S/C24H22N2O2/c27-18-7-3-5-16(13-18)15-26-12-11-21-20-9-1-2-10-22(20)25-23(21)24(26)17-6-4-8-19(28)14-17/h1-10,13-14,24-25,27-28H,11-12,15H2. The monoisotopic (exact) mass is 370 g/mol. The fraction of sp³-hybridized carbons (Fsp3) is 0.167. The highest BCUT2D eigenvalue weighted by atomic mass is 16.3. The van der Waals surface area contributed by atoms with Gasteiger partial charge in [-0.1, -0.05) is 42.5 Å². The van der Waals surface area contributed by atoms with Crippen molar-refractivity contribution in [3.05, 3.63) is 95.2 Å². The molecular formula is C24H22N2O2. The third-order valence-electron chi connectivity index (χ3n) is 5.62. The van der Waals surface area contributed by atoms with Crippen LogP contribution in [0.15, 0.2) is 72.8 Å². The van der Waals surface area contributed by atoms with Gasteiger partial charge in [-0.25, -0.2) is 0 Å². The van der Waals surface area contributed by atoms with Crippen molar-refractivity contribution in [1.29, 1.82) is 0 Å². The molecule has 1 aliphatic rings. The van der Waals surface area contributed by atoms with E-state index in [0.717, 1.165) is 36.2 Å². The number of phenols is 2. The summed E-state index contributed by atoms with van der Waals surface area (Å²) < 4.78 is 0. The Bertz CT molecular complexity index is 1150. The van der Waals surface area contributed by atoms with E-state index in [0.29, 0.717) is 0 Å². The molecule has 3 aromatic carbocycles. The van der Waals surface area contributed by atoms with Gasteiger partial charge in [0.2, 0.25) is 0 Å². The number of hydrogen-bond donors (Lipinski definition) is 3. The molecule has 0 spiro atoms. The number of phenolic OH excluding ortho intramolecular Hbond substituents is 2. The van der Waals surface area contributed by atoms with Gasteiger partial charge in [-0.05, 0) is 53.4 Å². The number of fused-ring (bicyclic) bond motifs is 3. The maximum absolute atomic E-state index is 10.1. The molecule has 3 N–H and O–H groups in total. The van der Waals surface area contributed by atoms with Gasteiger partial charge in [-0.2, -0.15) is 0 Å². The second kappa shape index (κ2) is 6.73. The highest BCUT2D eigenvalue weighted by Crippen LogP contribution is 2.39. The molecule has 0 amide bonds. The summed E-state index contributed by atoms with van der Waals surface area (Å²) in [5, 5.41) is 21.2. The summed E-state index contributed by atoms with van der Waals surface area (Å²) in [6.07, 6.45) is 0.966. The molecule has 0 saturated carbocycles. The largest absolute Gasteiger partial charge is 0.508 e. The molecule has 1 unspecified atom stereocenters. The maximum Gasteiger partial charge on any atom is 0.115 e. The normalized spacial score (nSPS) is 16.9. The molecule has 5 rings (SSSR count). The molecule has 4 heteroatoms. The Kier molecular flexibility index (Phi) is 4.06. The van der Waals surface area contributed by atoms with Gasteiger partial charge in [0.15, 0.2) is 0 Å². The van der Waals surface area contributed by atoms with Crippen molar-refractivity contribution in [1.82, 2.24) is 9.88 Å². The number of aromatic amines is 1. The molecule has 140 valence electrons. The molecule has 0 aliphatic carbocycles. The van der Waals surface area contributed by atoms with Crippen LogP contribution in [0, 0.1) is 0 Å². The van der Waals surface area contributed by atoms with E-state index >= 15 is 0 Å². The number of hydrogen-bond acceptors (Lipinski definition) is 3. The first kappa shape index (κ1) is 16.9. The lowest BCUT2D eigenvalue weighted by Crippen LogP contribution is -2.35. The summed E-state index contributed by atoms with van der Waals surface area (Å²) in [6.45, 7) is 1.63. The van der Waals surface area contributed by atoms with E-state index in [4.69, 9.17) is 0 Å². The van der Waals surface area contributed by atoms with Crippen LogP contribution in [0.2, 0.25) is 0 Å². The molecule has 4 aromatic rings. The van der Waals surface area contributed by atoms with Crippen LogP contribution in [0.5, 0.6) is 11.5 Å². The average molecular weight is 370 g/mol. The quantitative estimate of drug-likeness (QED) is 0.489. The van der Waals surface area contributed by atoms with E-state index in [9.17, 15) is 10.2 Å². The number of nitrogens with zero attached hydrogens (tertiary/aromatic N) is 1. The van der Waals surface area contributed by atoms with Crippen LogP contribution < -0.4 is 0 Å². The van der Waals surface area contributed by atoms with Gasteiger partial charge in [-0.3, -0.25) is 4.90 Å². The van der Waals surface area contributed by atoms with Gasteiger partial charge in [0, 0.05) is 29.7 Å². The van der Waals surface area contributed by atoms with Gasteiger partial charge in [-0.15, -0.1) is 0 Å². The lowest BCUT2D eigenvalue weighted by atomic mass is 9.92. The number of benzene rings is 3. The van der Waals surface area contributed by atoms with Crippen molar-refractivity contribution in [3.8, 4) is 11.5 Å². The first-order valence-corrected chi connectivity index (χ1v) is 9.59. The van der Waals surface area contributed by atoms with Crippen molar-refractivity contribution in [3.63, 3.8) is 0 Å². The van der Waals surface area contributed by atoms with Crippen LogP contribution >= 0.6 is 0 Å². The third-order valence-corrected chi connectivity index (χ3v) is 5.62. The van der Waals surface area contributed by atoms with Crippen molar-refractivity contribution in [2.75, 3.05) is 6.54 Å². The van der Waals surface area contributed by atoms with E-state index < -0.39 is 0 Å². The Morgan fingerprint density at radius 2 is 1.68 bits per heavy atom. The predicted octanol–water partition coefficient (Wildman–Crippen LogP) is 4.73. The number of aromatic nitrogens is 1. The lowest BCUT2D eigenvalue weighted by Gasteiger charge is -2.36. The highest BCUT2D eigenvalue weighted by Gasteiger charge is 2.31. The number of nitrogens with one attached hydrogen (secondary N) is 1. The minimum Gasteiger partial charge on any atom is -0.508 e. The highest BCUT2D eigenvalue weighted by molar-refractivity contribution is 5.85. The maximum atomic E-state index is 10.1. The summed E-state index contributed by atoms with van der Waals surface area (Å²) in [6, 6.07) is 23.4. The zero-order valence-corrected chi connectivity index (χ0v) is 15.5. The van der Waals surface area contributed by atoms with E-state index in [1.165, 1.54) is 16.6 Å². The number of rotatable bonds is 3. The fourth-order valence-corrected chi connectivity index (χ4v) is 4.42. The SMILES string of the molecule is Oc1cccc(CN2CCc3c([nH]c4ccccc34)C2c2cccc(O)c2)c1. The van der Waals surface area contributed by atoms with Crippen molar-refractivity contribution < 1.29 is 10.2 Å². The van der Waals surface area contributed by atoms with E-state index in [1.54, 1.807) is 12.1 Å². The molecule has 1 atom stereocenters. The Labute approximate surface area is 163 Å². The van der Waals surface area contributed by atoms with Crippen molar-refractivity contribution in [2.45, 2.75) is 19.0 Å². The van der Waals surface area contributed by atoms with E-state index in [1.807, 2.05) is 30.3 Å². The fourth-order valence-electron chi connectivity index (χ4n) is 4.42. The molecule has 28 heavy (non-hydrogen) atoms. The van der Waals surface area contributed by atoms with E-state index in [2.05, 4.69) is 40.2 Å². The average Bonchev–Trinajstić information content (AvgIpc) is 3.06. The van der Waals surface area contributed by atoms with Crippen molar-refractivity contribution >= 4 is 10.9 Å². The summed E-state index contributed by atoms with van der Waals surface area (Å²) in [4.78, 5) is 6.04. The van der Waals surface area contributed by atoms with Gasteiger partial charge < -0.3 is 15.2 Å². The predicted molar refractivity (Wildman–Crippen MR) is 110 cm³/mol. The molecule has 0 saturated heterocycles. The topological polar surface area (TPSA) is 59.5 Å². The van der Waals surface area contributed by atoms with Crippen LogP contribution in [0.1, 0.15) is 28.4 Å². The molecule has 4 nitrogen and oxygen atoms in total. The van der Waals surface area contributed by atoms with Crippen LogP contribution in [-0.2, 0) is 13.0 Å². The second-order valence-corrected chi connectivity index (χ2v) is 7.45. The molecule has 0 fully saturated rings. The first-order valence-electron chi connectivity index (χ1n) is 9.59. The molecule has 1 aromatic heterocycles. The Morgan fingerprint density at radius 1 is 0.893 bits per heavy atom. The molecular weight excluding hydrogens is 348 g/mol. The minimum absolute atomic E-state index is 0.0191. The van der Waals surface area contributed by atoms with Gasteiger partial charge in [0.25, 0.3) is 0 Å².